The largest absolute Gasteiger partial charge is 0.497 e. The third-order valence-electron chi connectivity index (χ3n) is 3.58. The summed E-state index contributed by atoms with van der Waals surface area (Å²) in [7, 11) is 1.61. The maximum atomic E-state index is 9.42. The fraction of sp³-hybridized carbons (Fsp3) is 0.200. The first-order chi connectivity index (χ1) is 10.2. The van der Waals surface area contributed by atoms with Crippen LogP contribution in [0.25, 0.3) is 0 Å². The summed E-state index contributed by atoms with van der Waals surface area (Å²) in [5.74, 6) is 0.982. The van der Waals surface area contributed by atoms with Crippen LogP contribution in [-0.4, -0.2) is 17.3 Å². The van der Waals surface area contributed by atoms with Gasteiger partial charge in [-0.15, -0.1) is 5.10 Å². The number of ether oxygens (including phenoxy) is 2. The lowest BCUT2D eigenvalue weighted by Gasteiger charge is -2.23. The monoisotopic (exact) mass is 282 g/mol. The Hall–Kier alpha value is -2.94. The van der Waals surface area contributed by atoms with Crippen LogP contribution >= 0.6 is 0 Å². The minimum absolute atomic E-state index is 0.0947. The molecular weight excluding hydrogens is 268 g/mol. The zero-order chi connectivity index (χ0) is 15.0. The molecule has 1 aromatic heterocycles. The van der Waals surface area contributed by atoms with Crippen LogP contribution in [0.5, 0.6) is 11.6 Å². The molecule has 1 aromatic carbocycles. The molecule has 0 fully saturated rings. The summed E-state index contributed by atoms with van der Waals surface area (Å²) in [4.78, 5) is 0. The van der Waals surface area contributed by atoms with E-state index in [4.69, 9.17) is 15.2 Å². The van der Waals surface area contributed by atoms with Crippen LogP contribution in [0.4, 0.5) is 0 Å². The molecule has 0 amide bonds. The highest BCUT2D eigenvalue weighted by Crippen LogP contribution is 2.42. The number of nitrogens with one attached hydrogen (secondary N) is 1. The summed E-state index contributed by atoms with van der Waals surface area (Å²) in [6, 6.07) is 9.67. The fourth-order valence-electron chi connectivity index (χ4n) is 2.53. The molecule has 21 heavy (non-hydrogen) atoms. The maximum absolute atomic E-state index is 9.42. The number of benzene rings is 1. The molecule has 1 atom stereocenters. The summed E-state index contributed by atoms with van der Waals surface area (Å²) < 4.78 is 10.6. The summed E-state index contributed by atoms with van der Waals surface area (Å²) in [5, 5.41) is 16.4. The summed E-state index contributed by atoms with van der Waals surface area (Å²) in [6.07, 6.45) is 0. The van der Waals surface area contributed by atoms with Crippen LogP contribution in [0.2, 0.25) is 0 Å². The van der Waals surface area contributed by atoms with E-state index in [2.05, 4.69) is 16.3 Å². The van der Waals surface area contributed by atoms with Gasteiger partial charge >= 0.3 is 0 Å². The second-order valence-electron chi connectivity index (χ2n) is 4.77. The second-order valence-corrected chi connectivity index (χ2v) is 4.77. The molecule has 2 aromatic rings. The molecule has 3 N–H and O–H groups in total. The van der Waals surface area contributed by atoms with Gasteiger partial charge in [0.05, 0.1) is 13.0 Å². The van der Waals surface area contributed by atoms with Crippen molar-refractivity contribution in [2.45, 2.75) is 12.8 Å². The number of methoxy groups -OCH3 is 1. The number of allylic oxidation sites excluding steroid dienone is 1. The Morgan fingerprint density at radius 3 is 2.71 bits per heavy atom. The number of rotatable bonds is 2. The molecule has 0 saturated heterocycles. The fourth-order valence-corrected chi connectivity index (χ4v) is 2.53. The van der Waals surface area contributed by atoms with E-state index in [0.717, 1.165) is 22.6 Å². The molecule has 2 heterocycles. The van der Waals surface area contributed by atoms with Gasteiger partial charge in [0.15, 0.2) is 0 Å². The number of aryl methyl sites for hydroxylation is 1. The van der Waals surface area contributed by atoms with Gasteiger partial charge in [0.25, 0.3) is 0 Å². The van der Waals surface area contributed by atoms with E-state index in [1.807, 2.05) is 31.2 Å². The first-order valence-corrected chi connectivity index (χ1v) is 6.42. The Labute approximate surface area is 121 Å². The average molecular weight is 282 g/mol. The van der Waals surface area contributed by atoms with Crippen molar-refractivity contribution in [3.8, 4) is 17.7 Å². The van der Waals surface area contributed by atoms with Crippen LogP contribution in [0.3, 0.4) is 0 Å². The van der Waals surface area contributed by atoms with Crippen molar-refractivity contribution in [1.29, 1.82) is 5.26 Å². The molecule has 1 aliphatic heterocycles. The van der Waals surface area contributed by atoms with Crippen LogP contribution in [0.15, 0.2) is 35.7 Å². The van der Waals surface area contributed by atoms with E-state index in [0.29, 0.717) is 11.5 Å². The maximum Gasteiger partial charge on any atom is 0.244 e. The molecule has 0 bridgehead atoms. The predicted molar refractivity (Wildman–Crippen MR) is 75.6 cm³/mol. The third kappa shape index (κ3) is 1.99. The SMILES string of the molecule is COc1ccc([C@@H]2C(C#N)=C(N)Oc3n[nH]c(C)c32)cc1. The number of fused-ring (bicyclic) bond motifs is 1. The van der Waals surface area contributed by atoms with Crippen LogP contribution < -0.4 is 15.2 Å². The van der Waals surface area contributed by atoms with E-state index in [1.54, 1.807) is 7.11 Å². The number of aromatic nitrogens is 2. The molecule has 0 radical (unpaired) electrons. The highest BCUT2D eigenvalue weighted by molar-refractivity contribution is 5.55. The number of aromatic amines is 1. The Morgan fingerprint density at radius 1 is 1.38 bits per heavy atom. The minimum Gasteiger partial charge on any atom is -0.497 e. The van der Waals surface area contributed by atoms with Crippen LogP contribution in [-0.2, 0) is 0 Å². The van der Waals surface area contributed by atoms with Crippen molar-refractivity contribution in [2.24, 2.45) is 5.73 Å². The normalized spacial score (nSPS) is 16.9. The van der Waals surface area contributed by atoms with E-state index < -0.39 is 0 Å². The van der Waals surface area contributed by atoms with Gasteiger partial charge in [0.1, 0.15) is 17.4 Å². The predicted octanol–water partition coefficient (Wildman–Crippen LogP) is 1.94. The number of H-pyrrole nitrogens is 1. The molecule has 6 nitrogen and oxygen atoms in total. The standard InChI is InChI=1S/C15H14N4O2/c1-8-12-13(9-3-5-10(20-2)6-4-9)11(7-16)14(17)21-15(12)19-18-8/h3-6,13H,17H2,1-2H3,(H,18,19)/t13-/m1/s1. The molecule has 6 heteroatoms. The lowest BCUT2D eigenvalue weighted by molar-refractivity contribution is 0.378. The van der Waals surface area contributed by atoms with E-state index in [1.165, 1.54) is 0 Å². The number of hydrogen-bond acceptors (Lipinski definition) is 5. The van der Waals surface area contributed by atoms with Crippen LogP contribution in [0.1, 0.15) is 22.7 Å². The minimum atomic E-state index is -0.289. The third-order valence-corrected chi connectivity index (χ3v) is 3.58. The van der Waals surface area contributed by atoms with Crippen LogP contribution in [0, 0.1) is 18.3 Å². The highest BCUT2D eigenvalue weighted by atomic mass is 16.5. The summed E-state index contributed by atoms with van der Waals surface area (Å²) >= 11 is 0. The molecular formula is C15H14N4O2. The van der Waals surface area contributed by atoms with Crippen molar-refractivity contribution in [2.75, 3.05) is 7.11 Å². The number of nitrogens with zero attached hydrogens (tertiary/aromatic N) is 2. The number of nitriles is 1. The first-order valence-electron chi connectivity index (χ1n) is 6.42. The summed E-state index contributed by atoms with van der Waals surface area (Å²) in [5.41, 5.74) is 8.87. The quantitative estimate of drug-likeness (QED) is 0.877. The molecule has 0 spiro atoms. The number of nitrogens with two attached hydrogens (primary N) is 1. The Kier molecular flexibility index (Phi) is 3.03. The zero-order valence-corrected chi connectivity index (χ0v) is 11.7. The van der Waals surface area contributed by atoms with Gasteiger partial charge in [0.2, 0.25) is 11.8 Å². The number of hydrogen-bond donors (Lipinski definition) is 2. The Morgan fingerprint density at radius 2 is 2.10 bits per heavy atom. The average Bonchev–Trinajstić information content (AvgIpc) is 2.87. The lowest BCUT2D eigenvalue weighted by atomic mass is 9.84. The van der Waals surface area contributed by atoms with Gasteiger partial charge < -0.3 is 15.2 Å². The van der Waals surface area contributed by atoms with E-state index in [9.17, 15) is 5.26 Å². The topological polar surface area (TPSA) is 96.9 Å². The second kappa shape index (κ2) is 4.87. The van der Waals surface area contributed by atoms with Crippen molar-refractivity contribution >= 4 is 0 Å². The van der Waals surface area contributed by atoms with Gasteiger partial charge in [0, 0.05) is 11.3 Å². The molecule has 0 unspecified atom stereocenters. The van der Waals surface area contributed by atoms with Gasteiger partial charge in [-0.1, -0.05) is 12.1 Å². The van der Waals surface area contributed by atoms with E-state index >= 15 is 0 Å². The van der Waals surface area contributed by atoms with Crippen molar-refractivity contribution in [3.05, 3.63) is 52.5 Å². The van der Waals surface area contributed by atoms with E-state index in [-0.39, 0.29) is 11.8 Å². The Bertz CT molecular complexity index is 753. The van der Waals surface area contributed by atoms with Gasteiger partial charge in [-0.05, 0) is 24.6 Å². The van der Waals surface area contributed by atoms with Crippen molar-refractivity contribution in [1.82, 2.24) is 10.2 Å². The molecule has 0 aliphatic carbocycles. The van der Waals surface area contributed by atoms with Crippen molar-refractivity contribution in [3.63, 3.8) is 0 Å². The van der Waals surface area contributed by atoms with Gasteiger partial charge in [-0.25, -0.2) is 0 Å². The van der Waals surface area contributed by atoms with Gasteiger partial charge in [-0.2, -0.15) is 5.26 Å². The molecule has 106 valence electrons. The van der Waals surface area contributed by atoms with Crippen molar-refractivity contribution < 1.29 is 9.47 Å². The molecule has 1 aliphatic rings. The Balaban J connectivity index is 2.17. The molecule has 3 rings (SSSR count). The molecule has 0 saturated carbocycles. The first kappa shape index (κ1) is 13.1. The summed E-state index contributed by atoms with van der Waals surface area (Å²) in [6.45, 7) is 1.89. The smallest absolute Gasteiger partial charge is 0.244 e. The lowest BCUT2D eigenvalue weighted by Crippen LogP contribution is -2.21. The zero-order valence-electron chi connectivity index (χ0n) is 11.7. The van der Waals surface area contributed by atoms with Gasteiger partial charge in [-0.3, -0.25) is 5.10 Å². The highest BCUT2D eigenvalue weighted by Gasteiger charge is 2.34.